The van der Waals surface area contributed by atoms with Gasteiger partial charge in [0.2, 0.25) is 0 Å². The lowest BCUT2D eigenvalue weighted by molar-refractivity contribution is 0.102. The van der Waals surface area contributed by atoms with Gasteiger partial charge in [0.15, 0.2) is 0 Å². The van der Waals surface area contributed by atoms with Crippen LogP contribution in [0.15, 0.2) is 58.5 Å². The Balaban J connectivity index is 1.51. The molecule has 0 spiro atoms. The number of thiazole rings is 1. The van der Waals surface area contributed by atoms with E-state index in [1.807, 2.05) is 68.6 Å². The van der Waals surface area contributed by atoms with Crippen LogP contribution in [-0.2, 0) is 6.54 Å². The van der Waals surface area contributed by atoms with Gasteiger partial charge in [-0.3, -0.25) is 4.79 Å². The molecule has 6 heteroatoms. The molecule has 1 aromatic carbocycles. The van der Waals surface area contributed by atoms with Crippen molar-refractivity contribution in [1.29, 1.82) is 0 Å². The molecule has 0 unspecified atom stereocenters. The molecule has 28 heavy (non-hydrogen) atoms. The highest BCUT2D eigenvalue weighted by Gasteiger charge is 2.16. The SMILES string of the molecule is Cc1nc(-c2ccc(NC(=O)c3cc(C)n(Cc4ccco4)c3C)cc2)cs1. The maximum Gasteiger partial charge on any atom is 0.257 e. The third kappa shape index (κ3) is 3.64. The second kappa shape index (κ2) is 7.48. The molecule has 0 aliphatic heterocycles. The Kier molecular flexibility index (Phi) is 4.88. The molecule has 0 radical (unpaired) electrons. The van der Waals surface area contributed by atoms with Crippen molar-refractivity contribution in [2.45, 2.75) is 27.3 Å². The highest BCUT2D eigenvalue weighted by molar-refractivity contribution is 7.09. The van der Waals surface area contributed by atoms with Crippen molar-refractivity contribution >= 4 is 22.9 Å². The standard InChI is InChI=1S/C22H21N3O2S/c1-14-11-20(15(2)25(14)12-19-5-4-10-27-19)22(26)24-18-8-6-17(7-9-18)21-13-28-16(3)23-21/h4-11,13H,12H2,1-3H3,(H,24,26). The van der Waals surface area contributed by atoms with Gasteiger partial charge in [-0.1, -0.05) is 12.1 Å². The smallest absolute Gasteiger partial charge is 0.257 e. The summed E-state index contributed by atoms with van der Waals surface area (Å²) >= 11 is 1.63. The van der Waals surface area contributed by atoms with Crippen molar-refractivity contribution < 1.29 is 9.21 Å². The zero-order chi connectivity index (χ0) is 19.7. The molecule has 0 saturated heterocycles. The van der Waals surface area contributed by atoms with Crippen molar-refractivity contribution in [3.05, 3.63) is 81.8 Å². The van der Waals surface area contributed by atoms with Crippen LogP contribution >= 0.6 is 11.3 Å². The van der Waals surface area contributed by atoms with Crippen LogP contribution in [0.3, 0.4) is 0 Å². The van der Waals surface area contributed by atoms with Gasteiger partial charge in [-0.2, -0.15) is 0 Å². The van der Waals surface area contributed by atoms with Crippen LogP contribution in [-0.4, -0.2) is 15.5 Å². The number of aryl methyl sites for hydroxylation is 2. The maximum atomic E-state index is 12.8. The number of benzene rings is 1. The van der Waals surface area contributed by atoms with Gasteiger partial charge in [-0.05, 0) is 51.1 Å². The van der Waals surface area contributed by atoms with Gasteiger partial charge in [0.05, 0.1) is 29.1 Å². The van der Waals surface area contributed by atoms with Crippen LogP contribution in [0.1, 0.15) is 32.5 Å². The van der Waals surface area contributed by atoms with E-state index in [9.17, 15) is 4.79 Å². The number of rotatable bonds is 5. The fourth-order valence-corrected chi connectivity index (χ4v) is 3.87. The first-order valence-corrected chi connectivity index (χ1v) is 9.92. The van der Waals surface area contributed by atoms with Gasteiger partial charge in [0.1, 0.15) is 5.76 Å². The number of nitrogens with zero attached hydrogens (tertiary/aromatic N) is 2. The van der Waals surface area contributed by atoms with Crippen molar-refractivity contribution in [3.8, 4) is 11.3 Å². The first-order valence-electron chi connectivity index (χ1n) is 9.04. The molecule has 0 fully saturated rings. The van der Waals surface area contributed by atoms with E-state index in [-0.39, 0.29) is 5.91 Å². The summed E-state index contributed by atoms with van der Waals surface area (Å²) in [5, 5.41) is 6.07. The molecule has 3 aromatic heterocycles. The molecule has 1 N–H and O–H groups in total. The number of nitrogens with one attached hydrogen (secondary N) is 1. The molecule has 5 nitrogen and oxygen atoms in total. The van der Waals surface area contributed by atoms with E-state index in [0.29, 0.717) is 12.1 Å². The first kappa shape index (κ1) is 18.3. The zero-order valence-corrected chi connectivity index (χ0v) is 16.8. The minimum Gasteiger partial charge on any atom is -0.467 e. The fraction of sp³-hybridized carbons (Fsp3) is 0.182. The third-order valence-corrected chi connectivity index (χ3v) is 5.54. The topological polar surface area (TPSA) is 60.1 Å². The molecule has 0 aliphatic carbocycles. The Morgan fingerprint density at radius 3 is 2.61 bits per heavy atom. The maximum absolute atomic E-state index is 12.8. The molecule has 4 rings (SSSR count). The fourth-order valence-electron chi connectivity index (χ4n) is 3.25. The second-order valence-electron chi connectivity index (χ2n) is 6.73. The second-order valence-corrected chi connectivity index (χ2v) is 7.80. The molecule has 4 aromatic rings. The normalized spacial score (nSPS) is 11.0. The number of hydrogen-bond acceptors (Lipinski definition) is 4. The Morgan fingerprint density at radius 1 is 1.18 bits per heavy atom. The van der Waals surface area contributed by atoms with E-state index in [0.717, 1.165) is 39.1 Å². The Bertz CT molecular complexity index is 1110. The van der Waals surface area contributed by atoms with Gasteiger partial charge >= 0.3 is 0 Å². The molecular weight excluding hydrogens is 370 g/mol. The van der Waals surface area contributed by atoms with Crippen LogP contribution in [0.25, 0.3) is 11.3 Å². The summed E-state index contributed by atoms with van der Waals surface area (Å²) in [6.45, 7) is 6.56. The van der Waals surface area contributed by atoms with E-state index in [2.05, 4.69) is 14.9 Å². The van der Waals surface area contributed by atoms with Crippen molar-refractivity contribution in [3.63, 3.8) is 0 Å². The summed E-state index contributed by atoms with van der Waals surface area (Å²) < 4.78 is 7.52. The molecule has 0 saturated carbocycles. The average molecular weight is 391 g/mol. The summed E-state index contributed by atoms with van der Waals surface area (Å²) in [6.07, 6.45) is 1.66. The number of aromatic nitrogens is 2. The predicted molar refractivity (Wildman–Crippen MR) is 112 cm³/mol. The number of furan rings is 1. The van der Waals surface area contributed by atoms with E-state index in [1.54, 1.807) is 17.6 Å². The van der Waals surface area contributed by atoms with Crippen LogP contribution in [0.4, 0.5) is 5.69 Å². The van der Waals surface area contributed by atoms with Crippen molar-refractivity contribution in [2.75, 3.05) is 5.32 Å². The Morgan fingerprint density at radius 2 is 1.96 bits per heavy atom. The number of hydrogen-bond donors (Lipinski definition) is 1. The molecule has 142 valence electrons. The Labute approximate surface area is 167 Å². The van der Waals surface area contributed by atoms with Crippen molar-refractivity contribution in [1.82, 2.24) is 9.55 Å². The molecular formula is C22H21N3O2S. The van der Waals surface area contributed by atoms with Crippen LogP contribution in [0.2, 0.25) is 0 Å². The zero-order valence-electron chi connectivity index (χ0n) is 16.0. The minimum absolute atomic E-state index is 0.115. The average Bonchev–Trinajstić information content (AvgIpc) is 3.40. The largest absolute Gasteiger partial charge is 0.467 e. The summed E-state index contributed by atoms with van der Waals surface area (Å²) in [5.41, 5.74) is 5.37. The monoisotopic (exact) mass is 391 g/mol. The van der Waals surface area contributed by atoms with E-state index < -0.39 is 0 Å². The molecule has 0 atom stereocenters. The van der Waals surface area contributed by atoms with Gasteiger partial charge < -0.3 is 14.3 Å². The van der Waals surface area contributed by atoms with Crippen molar-refractivity contribution in [2.24, 2.45) is 0 Å². The summed E-state index contributed by atoms with van der Waals surface area (Å²) in [5.74, 6) is 0.748. The number of anilines is 1. The lowest BCUT2D eigenvalue weighted by Gasteiger charge is -2.09. The molecule has 1 amide bonds. The highest BCUT2D eigenvalue weighted by Crippen LogP contribution is 2.24. The van der Waals surface area contributed by atoms with E-state index in [4.69, 9.17) is 4.42 Å². The lowest BCUT2D eigenvalue weighted by Crippen LogP contribution is -2.13. The molecule has 0 aliphatic rings. The summed E-state index contributed by atoms with van der Waals surface area (Å²) in [6, 6.07) is 13.5. The quantitative estimate of drug-likeness (QED) is 0.493. The van der Waals surface area contributed by atoms with Gasteiger partial charge in [-0.25, -0.2) is 4.98 Å². The third-order valence-electron chi connectivity index (χ3n) is 4.77. The van der Waals surface area contributed by atoms with E-state index >= 15 is 0 Å². The predicted octanol–water partition coefficient (Wildman–Crippen LogP) is 5.43. The van der Waals surface area contributed by atoms with Crippen LogP contribution in [0, 0.1) is 20.8 Å². The summed E-state index contributed by atoms with van der Waals surface area (Å²) in [4.78, 5) is 17.3. The first-order chi connectivity index (χ1) is 13.5. The number of amides is 1. The molecule has 3 heterocycles. The van der Waals surface area contributed by atoms with Gasteiger partial charge in [-0.15, -0.1) is 11.3 Å². The lowest BCUT2D eigenvalue weighted by atomic mass is 10.1. The number of carbonyl (C=O) groups is 1. The van der Waals surface area contributed by atoms with Gasteiger partial charge in [0.25, 0.3) is 5.91 Å². The van der Waals surface area contributed by atoms with Crippen LogP contribution in [0.5, 0.6) is 0 Å². The summed E-state index contributed by atoms with van der Waals surface area (Å²) in [7, 11) is 0. The molecule has 0 bridgehead atoms. The highest BCUT2D eigenvalue weighted by atomic mass is 32.1. The van der Waals surface area contributed by atoms with E-state index in [1.165, 1.54) is 0 Å². The Hall–Kier alpha value is -3.12. The van der Waals surface area contributed by atoms with Crippen LogP contribution < -0.4 is 5.32 Å². The number of carbonyl (C=O) groups excluding carboxylic acids is 1. The minimum atomic E-state index is -0.115. The van der Waals surface area contributed by atoms with Gasteiger partial charge in [0, 0.05) is 28.0 Å².